The Hall–Kier alpha value is -2.28. The summed E-state index contributed by atoms with van der Waals surface area (Å²) in [4.78, 5) is 2.26. The van der Waals surface area contributed by atoms with Crippen molar-refractivity contribution in [3.63, 3.8) is 0 Å². The van der Waals surface area contributed by atoms with Crippen molar-refractivity contribution in [2.75, 3.05) is 31.1 Å². The molecule has 4 rings (SSSR count). The maximum atomic E-state index is 13.8. The maximum absolute atomic E-state index is 13.8. The molecular weight excluding hydrogens is 299 g/mol. The van der Waals surface area contributed by atoms with Gasteiger partial charge in [0, 0.05) is 50.9 Å². The quantitative estimate of drug-likeness (QED) is 0.918. The Bertz CT molecular complexity index is 738. The number of rotatable bonds is 2. The monoisotopic (exact) mass is 318 g/mol. The minimum atomic E-state index is -2.11. The van der Waals surface area contributed by atoms with E-state index >= 15 is 0 Å². The smallest absolute Gasteiger partial charge is 0.404 e. The van der Waals surface area contributed by atoms with E-state index in [0.717, 1.165) is 43.4 Å². The number of nitrogens with zero attached hydrogens (tertiary/aromatic N) is 3. The van der Waals surface area contributed by atoms with Crippen LogP contribution in [0, 0.1) is 6.92 Å². The Morgan fingerprint density at radius 3 is 2.70 bits per heavy atom. The molecular formula is C16H19FN4O2. The van der Waals surface area contributed by atoms with Gasteiger partial charge in [0.05, 0.1) is 5.69 Å². The summed E-state index contributed by atoms with van der Waals surface area (Å²) in [5.74, 6) is 1.76. The number of fused-ring (bicyclic) bond motifs is 1. The summed E-state index contributed by atoms with van der Waals surface area (Å²) in [5, 5.41) is 8.02. The largest absolute Gasteiger partial charge is 0.423 e. The van der Waals surface area contributed by atoms with Crippen LogP contribution in [0.3, 0.4) is 0 Å². The number of hydrogen-bond donors (Lipinski definition) is 1. The average molecular weight is 318 g/mol. The number of aryl methyl sites for hydroxylation is 1. The highest BCUT2D eigenvalue weighted by Gasteiger charge is 2.37. The third kappa shape index (κ3) is 2.61. The van der Waals surface area contributed by atoms with Crippen molar-refractivity contribution in [3.05, 3.63) is 30.0 Å². The Balaban J connectivity index is 1.65. The van der Waals surface area contributed by atoms with E-state index < -0.39 is 6.04 Å². The van der Waals surface area contributed by atoms with Gasteiger partial charge in [-0.05, 0) is 19.1 Å². The van der Waals surface area contributed by atoms with Crippen molar-refractivity contribution in [2.45, 2.75) is 19.9 Å². The van der Waals surface area contributed by atoms with E-state index in [9.17, 15) is 4.39 Å². The van der Waals surface area contributed by atoms with Crippen LogP contribution in [0.5, 0.6) is 11.5 Å². The Labute approximate surface area is 133 Å². The van der Waals surface area contributed by atoms with E-state index in [4.69, 9.17) is 14.6 Å². The van der Waals surface area contributed by atoms with Crippen molar-refractivity contribution >= 4 is 5.82 Å². The number of aromatic nitrogens is 2. The number of halogens is 1. The highest BCUT2D eigenvalue weighted by molar-refractivity contribution is 5.52. The highest BCUT2D eigenvalue weighted by Crippen LogP contribution is 2.41. The molecule has 1 saturated heterocycles. The number of ether oxygens (including phenoxy) is 2. The molecule has 1 fully saturated rings. The van der Waals surface area contributed by atoms with Gasteiger partial charge >= 0.3 is 6.04 Å². The predicted octanol–water partition coefficient (Wildman–Crippen LogP) is 2.00. The summed E-state index contributed by atoms with van der Waals surface area (Å²) >= 11 is 0. The number of anilines is 1. The molecule has 6 nitrogen and oxygen atoms in total. The summed E-state index contributed by atoms with van der Waals surface area (Å²) < 4.78 is 25.9. The molecule has 1 unspecified atom stereocenters. The van der Waals surface area contributed by atoms with Crippen molar-refractivity contribution in [3.8, 4) is 17.2 Å². The van der Waals surface area contributed by atoms with Gasteiger partial charge in [0.1, 0.15) is 0 Å². The van der Waals surface area contributed by atoms with Crippen LogP contribution in [-0.4, -0.2) is 42.0 Å². The first-order chi connectivity index (χ1) is 11.0. The zero-order valence-corrected chi connectivity index (χ0v) is 13.2. The molecule has 1 atom stereocenters. The minimum Gasteiger partial charge on any atom is -0.423 e. The van der Waals surface area contributed by atoms with Crippen molar-refractivity contribution in [1.82, 2.24) is 15.1 Å². The molecule has 7 heteroatoms. The normalized spacial score (nSPS) is 23.3. The minimum absolute atomic E-state index is 0.395. The molecule has 0 aliphatic carbocycles. The van der Waals surface area contributed by atoms with E-state index in [-0.39, 0.29) is 0 Å². The van der Waals surface area contributed by atoms with Gasteiger partial charge in [0.25, 0.3) is 0 Å². The van der Waals surface area contributed by atoms with Gasteiger partial charge in [-0.1, -0.05) is 0 Å². The van der Waals surface area contributed by atoms with Crippen molar-refractivity contribution in [1.29, 1.82) is 0 Å². The molecule has 2 aromatic rings. The van der Waals surface area contributed by atoms with Crippen molar-refractivity contribution in [2.24, 2.45) is 0 Å². The van der Waals surface area contributed by atoms with E-state index in [1.807, 2.05) is 17.7 Å². The molecule has 1 aromatic carbocycles. The van der Waals surface area contributed by atoms with Crippen LogP contribution in [0.2, 0.25) is 0 Å². The number of benzene rings is 1. The SMILES string of the molecule is Cc1cc(N2CCNCC2)nn1-c1ccc2c(c1)OC(C)(F)O2. The van der Waals surface area contributed by atoms with Crippen LogP contribution in [0.1, 0.15) is 12.6 Å². The highest BCUT2D eigenvalue weighted by atomic mass is 19.2. The lowest BCUT2D eigenvalue weighted by Gasteiger charge is -2.27. The fraction of sp³-hybridized carbons (Fsp3) is 0.438. The summed E-state index contributed by atoms with van der Waals surface area (Å²) in [6.07, 6.45) is 0. The fourth-order valence-electron chi connectivity index (χ4n) is 2.97. The van der Waals surface area contributed by atoms with Gasteiger partial charge in [-0.25, -0.2) is 4.68 Å². The molecule has 1 N–H and O–H groups in total. The van der Waals surface area contributed by atoms with Gasteiger partial charge < -0.3 is 19.7 Å². The van der Waals surface area contributed by atoms with E-state index in [1.54, 1.807) is 12.1 Å². The third-order valence-electron chi connectivity index (χ3n) is 4.07. The second-order valence-corrected chi connectivity index (χ2v) is 5.96. The van der Waals surface area contributed by atoms with Crippen LogP contribution in [0.25, 0.3) is 5.69 Å². The third-order valence-corrected chi connectivity index (χ3v) is 4.07. The van der Waals surface area contributed by atoms with E-state index in [2.05, 4.69) is 16.3 Å². The molecule has 0 spiro atoms. The summed E-state index contributed by atoms with van der Waals surface area (Å²) in [6, 6.07) is 5.27. The van der Waals surface area contributed by atoms with E-state index in [1.165, 1.54) is 6.92 Å². The summed E-state index contributed by atoms with van der Waals surface area (Å²) in [6.45, 7) is 7.06. The molecule has 122 valence electrons. The lowest BCUT2D eigenvalue weighted by molar-refractivity contribution is -0.173. The second kappa shape index (κ2) is 5.13. The molecule has 2 aliphatic heterocycles. The van der Waals surface area contributed by atoms with Gasteiger partial charge in [0.15, 0.2) is 17.3 Å². The second-order valence-electron chi connectivity index (χ2n) is 5.96. The number of hydrogen-bond acceptors (Lipinski definition) is 5. The standard InChI is InChI=1S/C16H19FN4O2/c1-11-9-15(20-7-5-18-6-8-20)19-21(11)12-3-4-13-14(10-12)23-16(2,17)22-13/h3-4,9-10,18H,5-8H2,1-2H3. The predicted molar refractivity (Wildman–Crippen MR) is 84.2 cm³/mol. The zero-order chi connectivity index (χ0) is 16.0. The van der Waals surface area contributed by atoms with Crippen LogP contribution >= 0.6 is 0 Å². The maximum Gasteiger partial charge on any atom is 0.404 e. The Morgan fingerprint density at radius 1 is 1.17 bits per heavy atom. The molecule has 0 saturated carbocycles. The molecule has 0 bridgehead atoms. The average Bonchev–Trinajstić information content (AvgIpc) is 3.05. The molecule has 0 radical (unpaired) electrons. The van der Waals surface area contributed by atoms with Crippen LogP contribution in [0.4, 0.5) is 10.2 Å². The van der Waals surface area contributed by atoms with Gasteiger partial charge in [-0.3, -0.25) is 0 Å². The molecule has 2 aliphatic rings. The first-order valence-electron chi connectivity index (χ1n) is 7.75. The Kier molecular flexibility index (Phi) is 3.19. The first kappa shape index (κ1) is 14.3. The molecule has 23 heavy (non-hydrogen) atoms. The molecule has 1 aromatic heterocycles. The number of alkyl halides is 1. The number of piperazine rings is 1. The van der Waals surface area contributed by atoms with Gasteiger partial charge in [0.2, 0.25) is 0 Å². The topological polar surface area (TPSA) is 51.6 Å². The number of nitrogens with one attached hydrogen (secondary N) is 1. The summed E-state index contributed by atoms with van der Waals surface area (Å²) in [7, 11) is 0. The van der Waals surface area contributed by atoms with Crippen LogP contribution < -0.4 is 19.7 Å². The lowest BCUT2D eigenvalue weighted by Crippen LogP contribution is -2.43. The lowest BCUT2D eigenvalue weighted by atomic mass is 10.2. The van der Waals surface area contributed by atoms with Crippen molar-refractivity contribution < 1.29 is 13.9 Å². The fourth-order valence-corrected chi connectivity index (χ4v) is 2.97. The molecule has 3 heterocycles. The van der Waals surface area contributed by atoms with Gasteiger partial charge in [-0.2, -0.15) is 9.49 Å². The Morgan fingerprint density at radius 2 is 1.91 bits per heavy atom. The van der Waals surface area contributed by atoms with Gasteiger partial charge in [-0.15, -0.1) is 0 Å². The zero-order valence-electron chi connectivity index (χ0n) is 13.2. The molecule has 0 amide bonds. The first-order valence-corrected chi connectivity index (χ1v) is 7.75. The van der Waals surface area contributed by atoms with Crippen LogP contribution in [0.15, 0.2) is 24.3 Å². The van der Waals surface area contributed by atoms with Crippen LogP contribution in [-0.2, 0) is 0 Å². The van der Waals surface area contributed by atoms with E-state index in [0.29, 0.717) is 11.5 Å². The summed E-state index contributed by atoms with van der Waals surface area (Å²) in [5.41, 5.74) is 1.84.